The molecule has 1 aliphatic carbocycles. The van der Waals surface area contributed by atoms with Crippen LogP contribution in [0, 0.1) is 11.8 Å². The second-order valence-electron chi connectivity index (χ2n) is 6.02. The van der Waals surface area contributed by atoms with E-state index in [4.69, 9.17) is 9.26 Å². The highest BCUT2D eigenvalue weighted by atomic mass is 16.5. The molecule has 0 spiro atoms. The van der Waals surface area contributed by atoms with E-state index in [0.29, 0.717) is 24.5 Å². The first kappa shape index (κ1) is 15.3. The normalized spacial score (nSPS) is 22.6. The zero-order chi connectivity index (χ0) is 14.4. The van der Waals surface area contributed by atoms with Crippen LogP contribution < -0.4 is 5.32 Å². The van der Waals surface area contributed by atoms with Gasteiger partial charge in [-0.3, -0.25) is 0 Å². The highest BCUT2D eigenvalue weighted by molar-refractivity contribution is 5.04. The molecule has 0 saturated carbocycles. The maximum absolute atomic E-state index is 5.78. The Bertz CT molecular complexity index is 426. The second-order valence-corrected chi connectivity index (χ2v) is 6.02. The summed E-state index contributed by atoms with van der Waals surface area (Å²) in [4.78, 5) is 0. The summed E-state index contributed by atoms with van der Waals surface area (Å²) < 4.78 is 11.1. The van der Waals surface area contributed by atoms with Crippen molar-refractivity contribution in [3.8, 4) is 0 Å². The van der Waals surface area contributed by atoms with Crippen molar-refractivity contribution in [3.63, 3.8) is 0 Å². The molecule has 2 unspecified atom stereocenters. The monoisotopic (exact) mass is 278 g/mol. The van der Waals surface area contributed by atoms with E-state index < -0.39 is 0 Å². The number of nitrogens with zero attached hydrogens (tertiary/aromatic N) is 1. The molecule has 1 aromatic heterocycles. The van der Waals surface area contributed by atoms with Crippen molar-refractivity contribution in [1.29, 1.82) is 0 Å². The number of ether oxygens (including phenoxy) is 1. The standard InChI is InChI=1S/C16H26N2O2/c1-12(2)17-9-15-8-16(20-18-15)11-19-10-14-7-5-4-6-13(14)3/h4-5,8,12-14,17H,6-7,9-11H2,1-3H3. The van der Waals surface area contributed by atoms with Crippen molar-refractivity contribution in [2.75, 3.05) is 6.61 Å². The number of rotatable bonds is 7. The van der Waals surface area contributed by atoms with E-state index in [1.807, 2.05) is 6.07 Å². The molecular formula is C16H26N2O2. The largest absolute Gasteiger partial charge is 0.373 e. The van der Waals surface area contributed by atoms with Crippen molar-refractivity contribution in [2.45, 2.75) is 52.8 Å². The minimum atomic E-state index is 0.451. The zero-order valence-electron chi connectivity index (χ0n) is 12.8. The third kappa shape index (κ3) is 4.76. The molecule has 20 heavy (non-hydrogen) atoms. The number of hydrogen-bond acceptors (Lipinski definition) is 4. The summed E-state index contributed by atoms with van der Waals surface area (Å²) in [5.74, 6) is 2.15. The minimum absolute atomic E-state index is 0.451. The van der Waals surface area contributed by atoms with Gasteiger partial charge in [-0.05, 0) is 24.7 Å². The molecule has 4 nitrogen and oxygen atoms in total. The molecule has 2 rings (SSSR count). The Hall–Kier alpha value is -1.13. The first-order valence-electron chi connectivity index (χ1n) is 7.55. The lowest BCUT2D eigenvalue weighted by atomic mass is 9.85. The van der Waals surface area contributed by atoms with Gasteiger partial charge >= 0.3 is 0 Å². The van der Waals surface area contributed by atoms with Crippen LogP contribution in [0.2, 0.25) is 0 Å². The average Bonchev–Trinajstić information content (AvgIpc) is 2.87. The molecule has 0 amide bonds. The molecule has 1 N–H and O–H groups in total. The first-order chi connectivity index (χ1) is 9.65. The second kappa shape index (κ2) is 7.60. The van der Waals surface area contributed by atoms with Crippen molar-refractivity contribution in [1.82, 2.24) is 10.5 Å². The lowest BCUT2D eigenvalue weighted by molar-refractivity contribution is 0.0554. The fourth-order valence-electron chi connectivity index (χ4n) is 2.37. The summed E-state index contributed by atoms with van der Waals surface area (Å²) in [6, 6.07) is 2.42. The smallest absolute Gasteiger partial charge is 0.162 e. The van der Waals surface area contributed by atoms with Gasteiger partial charge in [-0.1, -0.05) is 38.1 Å². The van der Waals surface area contributed by atoms with Gasteiger partial charge in [0, 0.05) is 18.7 Å². The molecule has 0 saturated heterocycles. The molecule has 0 fully saturated rings. The summed E-state index contributed by atoms with van der Waals surface area (Å²) in [5.41, 5.74) is 0.936. The Labute approximate surface area is 121 Å². The van der Waals surface area contributed by atoms with Gasteiger partial charge in [0.1, 0.15) is 6.61 Å². The number of aromatic nitrogens is 1. The molecule has 4 heteroatoms. The summed E-state index contributed by atoms with van der Waals surface area (Å²) in [6.45, 7) is 8.58. The SMILES string of the molecule is CC(C)NCc1cc(COCC2CC=CCC2C)on1. The zero-order valence-corrected chi connectivity index (χ0v) is 12.8. The Morgan fingerprint density at radius 1 is 1.40 bits per heavy atom. The lowest BCUT2D eigenvalue weighted by Gasteiger charge is -2.24. The maximum Gasteiger partial charge on any atom is 0.162 e. The van der Waals surface area contributed by atoms with Crippen LogP contribution in [0.15, 0.2) is 22.7 Å². The van der Waals surface area contributed by atoms with E-state index in [1.54, 1.807) is 0 Å². The van der Waals surface area contributed by atoms with Crippen LogP contribution >= 0.6 is 0 Å². The van der Waals surface area contributed by atoms with Crippen LogP contribution in [0.1, 0.15) is 45.1 Å². The Kier molecular flexibility index (Phi) is 5.80. The van der Waals surface area contributed by atoms with Gasteiger partial charge < -0.3 is 14.6 Å². The molecular weight excluding hydrogens is 252 g/mol. The van der Waals surface area contributed by atoms with Crippen LogP contribution in [0.4, 0.5) is 0 Å². The van der Waals surface area contributed by atoms with E-state index in [-0.39, 0.29) is 0 Å². The van der Waals surface area contributed by atoms with E-state index in [2.05, 4.69) is 43.4 Å². The van der Waals surface area contributed by atoms with Gasteiger partial charge in [-0.15, -0.1) is 0 Å². The summed E-state index contributed by atoms with van der Waals surface area (Å²) in [6.07, 6.45) is 6.83. The fourth-order valence-corrected chi connectivity index (χ4v) is 2.37. The van der Waals surface area contributed by atoms with Crippen LogP contribution in [-0.2, 0) is 17.9 Å². The Morgan fingerprint density at radius 3 is 2.95 bits per heavy atom. The average molecular weight is 278 g/mol. The highest BCUT2D eigenvalue weighted by Crippen LogP contribution is 2.25. The molecule has 0 aliphatic heterocycles. The predicted octanol–water partition coefficient (Wildman–Crippen LogP) is 3.29. The summed E-state index contributed by atoms with van der Waals surface area (Å²) in [5, 5.41) is 7.36. The maximum atomic E-state index is 5.78. The van der Waals surface area contributed by atoms with Gasteiger partial charge in [0.15, 0.2) is 5.76 Å². The third-order valence-corrected chi connectivity index (χ3v) is 3.79. The fraction of sp³-hybridized carbons (Fsp3) is 0.688. The van der Waals surface area contributed by atoms with Crippen LogP contribution in [0.25, 0.3) is 0 Å². The number of nitrogens with one attached hydrogen (secondary N) is 1. The molecule has 2 atom stereocenters. The third-order valence-electron chi connectivity index (χ3n) is 3.79. The van der Waals surface area contributed by atoms with E-state index in [1.165, 1.54) is 6.42 Å². The van der Waals surface area contributed by atoms with Gasteiger partial charge in [0.25, 0.3) is 0 Å². The molecule has 1 heterocycles. The quantitative estimate of drug-likeness (QED) is 0.777. The summed E-state index contributed by atoms with van der Waals surface area (Å²) in [7, 11) is 0. The van der Waals surface area contributed by atoms with Gasteiger partial charge in [0.05, 0.1) is 12.3 Å². The molecule has 0 radical (unpaired) electrons. The number of hydrogen-bond donors (Lipinski definition) is 1. The first-order valence-corrected chi connectivity index (χ1v) is 7.55. The minimum Gasteiger partial charge on any atom is -0.373 e. The van der Waals surface area contributed by atoms with Crippen molar-refractivity contribution in [2.24, 2.45) is 11.8 Å². The van der Waals surface area contributed by atoms with Crippen molar-refractivity contribution >= 4 is 0 Å². The van der Waals surface area contributed by atoms with Gasteiger partial charge in [0.2, 0.25) is 0 Å². The van der Waals surface area contributed by atoms with Crippen LogP contribution in [-0.4, -0.2) is 17.8 Å². The van der Waals surface area contributed by atoms with Gasteiger partial charge in [-0.2, -0.15) is 0 Å². The topological polar surface area (TPSA) is 47.3 Å². The number of allylic oxidation sites excluding steroid dienone is 2. The highest BCUT2D eigenvalue weighted by Gasteiger charge is 2.18. The Balaban J connectivity index is 1.70. The van der Waals surface area contributed by atoms with Crippen LogP contribution in [0.3, 0.4) is 0 Å². The Morgan fingerprint density at radius 2 is 2.20 bits per heavy atom. The van der Waals surface area contributed by atoms with Crippen LogP contribution in [0.5, 0.6) is 0 Å². The molecule has 0 aromatic carbocycles. The molecule has 0 bridgehead atoms. The molecule has 112 valence electrons. The van der Waals surface area contributed by atoms with Gasteiger partial charge in [-0.25, -0.2) is 0 Å². The van der Waals surface area contributed by atoms with Crippen molar-refractivity contribution in [3.05, 3.63) is 29.7 Å². The molecule has 1 aromatic rings. The van der Waals surface area contributed by atoms with E-state index in [0.717, 1.165) is 31.0 Å². The molecule has 1 aliphatic rings. The van der Waals surface area contributed by atoms with Crippen molar-refractivity contribution < 1.29 is 9.26 Å². The van der Waals surface area contributed by atoms with E-state index in [9.17, 15) is 0 Å². The van der Waals surface area contributed by atoms with E-state index >= 15 is 0 Å². The predicted molar refractivity (Wildman–Crippen MR) is 79.2 cm³/mol. The summed E-state index contributed by atoms with van der Waals surface area (Å²) >= 11 is 0. The lowest BCUT2D eigenvalue weighted by Crippen LogP contribution is -2.21.